The third-order valence-electron chi connectivity index (χ3n) is 6.35. The van der Waals surface area contributed by atoms with Gasteiger partial charge in [-0.05, 0) is 37.0 Å². The molecule has 2 N–H and O–H groups in total. The highest BCUT2D eigenvalue weighted by atomic mass is 79.9. The number of benzene rings is 1. The van der Waals surface area contributed by atoms with Gasteiger partial charge < -0.3 is 15.5 Å². The van der Waals surface area contributed by atoms with Crippen molar-refractivity contribution in [1.82, 2.24) is 14.8 Å². The third-order valence-corrected chi connectivity index (χ3v) is 6.80. The van der Waals surface area contributed by atoms with E-state index >= 15 is 8.78 Å². The molecular formula is C23H27BrF2N6O3. The summed E-state index contributed by atoms with van der Waals surface area (Å²) in [5.41, 5.74) is 0.977. The number of nitrogens with one attached hydrogen (secondary N) is 2. The molecule has 35 heavy (non-hydrogen) atoms. The topological polar surface area (TPSA) is 104 Å². The molecule has 188 valence electrons. The van der Waals surface area contributed by atoms with E-state index in [1.807, 2.05) is 6.07 Å². The number of piperidine rings is 1. The maximum atomic E-state index is 15.1. The average Bonchev–Trinajstić information content (AvgIpc) is 3.12. The first-order chi connectivity index (χ1) is 16.7. The molecule has 1 unspecified atom stereocenters. The van der Waals surface area contributed by atoms with E-state index in [2.05, 4.69) is 31.5 Å². The quantitative estimate of drug-likeness (QED) is 0.388. The van der Waals surface area contributed by atoms with Crippen LogP contribution in [-0.4, -0.2) is 70.8 Å². The highest BCUT2D eigenvalue weighted by Crippen LogP contribution is 2.38. The normalized spacial score (nSPS) is 20.0. The molecule has 0 bridgehead atoms. The smallest absolute Gasteiger partial charge is 0.294 e. The molecule has 2 fully saturated rings. The van der Waals surface area contributed by atoms with Gasteiger partial charge in [0.05, 0.1) is 22.7 Å². The Bertz CT molecular complexity index is 1110. The number of amides is 1. The number of carbonyl (C=O) groups excluding carboxylic acids is 1. The van der Waals surface area contributed by atoms with E-state index in [0.29, 0.717) is 17.6 Å². The largest absolute Gasteiger partial charge is 0.387 e. The van der Waals surface area contributed by atoms with Crippen LogP contribution in [-0.2, 0) is 6.54 Å². The molecule has 1 atom stereocenters. The Morgan fingerprint density at radius 3 is 2.69 bits per heavy atom. The Hall–Kier alpha value is -2.86. The number of anilines is 2. The number of hydrogen-bond acceptors (Lipinski definition) is 7. The van der Waals surface area contributed by atoms with Crippen LogP contribution in [0.25, 0.3) is 0 Å². The zero-order valence-corrected chi connectivity index (χ0v) is 20.9. The van der Waals surface area contributed by atoms with Crippen molar-refractivity contribution in [2.45, 2.75) is 37.8 Å². The Kier molecular flexibility index (Phi) is 7.50. The van der Waals surface area contributed by atoms with Crippen molar-refractivity contribution >= 4 is 38.9 Å². The first-order valence-electron chi connectivity index (χ1n) is 11.4. The van der Waals surface area contributed by atoms with Gasteiger partial charge in [0, 0.05) is 56.2 Å². The molecule has 1 aromatic heterocycles. The van der Waals surface area contributed by atoms with Gasteiger partial charge in [-0.25, -0.2) is 8.78 Å². The van der Waals surface area contributed by atoms with Gasteiger partial charge in [-0.3, -0.25) is 24.8 Å². The molecule has 3 heterocycles. The van der Waals surface area contributed by atoms with Crippen molar-refractivity contribution in [1.29, 1.82) is 0 Å². The van der Waals surface area contributed by atoms with Gasteiger partial charge >= 0.3 is 0 Å². The SMILES string of the molecule is CNc1cncc(CN2CC(Nc3c(C(=O)N4CCCCC4)cc(Br)cc3[N+](=O)[O-])C(F)(F)C2)c1. The van der Waals surface area contributed by atoms with Crippen LogP contribution >= 0.6 is 15.9 Å². The van der Waals surface area contributed by atoms with Gasteiger partial charge in [0.1, 0.15) is 11.7 Å². The zero-order valence-electron chi connectivity index (χ0n) is 19.3. The molecule has 4 rings (SSSR count). The van der Waals surface area contributed by atoms with Crippen LogP contribution in [0.5, 0.6) is 0 Å². The number of pyridine rings is 1. The van der Waals surface area contributed by atoms with E-state index in [4.69, 9.17) is 0 Å². The number of rotatable bonds is 7. The van der Waals surface area contributed by atoms with E-state index in [0.717, 1.165) is 30.5 Å². The monoisotopic (exact) mass is 552 g/mol. The summed E-state index contributed by atoms with van der Waals surface area (Å²) in [6.45, 7) is 0.741. The van der Waals surface area contributed by atoms with Gasteiger partial charge in [0.25, 0.3) is 17.5 Å². The lowest BCUT2D eigenvalue weighted by Crippen LogP contribution is -2.40. The minimum absolute atomic E-state index is 0.0214. The summed E-state index contributed by atoms with van der Waals surface area (Å²) in [6, 6.07) is 3.12. The van der Waals surface area contributed by atoms with E-state index in [9.17, 15) is 14.9 Å². The lowest BCUT2D eigenvalue weighted by Gasteiger charge is -2.28. The number of nitro benzene ring substituents is 1. The molecule has 2 saturated heterocycles. The predicted molar refractivity (Wildman–Crippen MR) is 132 cm³/mol. The zero-order chi connectivity index (χ0) is 25.2. The van der Waals surface area contributed by atoms with Crippen molar-refractivity contribution < 1.29 is 18.5 Å². The molecule has 2 aromatic rings. The number of aromatic nitrogens is 1. The summed E-state index contributed by atoms with van der Waals surface area (Å²) in [6.07, 6.45) is 5.94. The summed E-state index contributed by atoms with van der Waals surface area (Å²) < 4.78 is 30.5. The van der Waals surface area contributed by atoms with E-state index in [1.165, 1.54) is 12.1 Å². The fraction of sp³-hybridized carbons (Fsp3) is 0.478. The van der Waals surface area contributed by atoms with E-state index < -0.39 is 35.0 Å². The summed E-state index contributed by atoms with van der Waals surface area (Å²) >= 11 is 3.23. The van der Waals surface area contributed by atoms with E-state index in [-0.39, 0.29) is 24.3 Å². The Morgan fingerprint density at radius 2 is 2.00 bits per heavy atom. The Morgan fingerprint density at radius 1 is 1.26 bits per heavy atom. The average molecular weight is 553 g/mol. The minimum Gasteiger partial charge on any atom is -0.387 e. The van der Waals surface area contributed by atoms with Crippen LogP contribution in [0.15, 0.2) is 35.1 Å². The van der Waals surface area contributed by atoms with Crippen molar-refractivity contribution in [3.8, 4) is 0 Å². The van der Waals surface area contributed by atoms with Crippen molar-refractivity contribution in [2.24, 2.45) is 0 Å². The van der Waals surface area contributed by atoms with Gasteiger partial charge in [0.15, 0.2) is 0 Å². The second-order valence-corrected chi connectivity index (χ2v) is 9.83. The molecule has 0 radical (unpaired) electrons. The van der Waals surface area contributed by atoms with Gasteiger partial charge in [0.2, 0.25) is 0 Å². The summed E-state index contributed by atoms with van der Waals surface area (Å²) in [5.74, 6) is -3.56. The van der Waals surface area contributed by atoms with Crippen molar-refractivity contribution in [3.05, 3.63) is 56.3 Å². The van der Waals surface area contributed by atoms with Crippen molar-refractivity contribution in [3.63, 3.8) is 0 Å². The fourth-order valence-electron chi connectivity index (χ4n) is 4.60. The van der Waals surface area contributed by atoms with Gasteiger partial charge in [-0.1, -0.05) is 15.9 Å². The molecule has 0 spiro atoms. The molecule has 0 aliphatic carbocycles. The molecule has 1 amide bonds. The molecular weight excluding hydrogens is 526 g/mol. The minimum atomic E-state index is -3.17. The molecule has 12 heteroatoms. The number of likely N-dealkylation sites (tertiary alicyclic amines) is 2. The van der Waals surface area contributed by atoms with Crippen LogP contribution < -0.4 is 10.6 Å². The number of carbonyl (C=O) groups is 1. The Labute approximate surface area is 210 Å². The Balaban J connectivity index is 1.61. The molecule has 1 aromatic carbocycles. The maximum Gasteiger partial charge on any atom is 0.294 e. The summed E-state index contributed by atoms with van der Waals surface area (Å²) in [4.78, 5) is 31.8. The molecule has 2 aliphatic heterocycles. The maximum absolute atomic E-state index is 15.1. The van der Waals surface area contributed by atoms with Crippen LogP contribution in [0.3, 0.4) is 0 Å². The van der Waals surface area contributed by atoms with Crippen LogP contribution in [0.4, 0.5) is 25.8 Å². The molecule has 0 saturated carbocycles. The highest BCUT2D eigenvalue weighted by molar-refractivity contribution is 9.10. The van der Waals surface area contributed by atoms with Gasteiger partial charge in [-0.2, -0.15) is 0 Å². The predicted octanol–water partition coefficient (Wildman–Crippen LogP) is 4.35. The van der Waals surface area contributed by atoms with Crippen LogP contribution in [0.2, 0.25) is 0 Å². The summed E-state index contributed by atoms with van der Waals surface area (Å²) in [5, 5.41) is 17.5. The lowest BCUT2D eigenvalue weighted by molar-refractivity contribution is -0.384. The van der Waals surface area contributed by atoms with E-state index in [1.54, 1.807) is 29.2 Å². The second-order valence-electron chi connectivity index (χ2n) is 8.92. The number of hydrogen-bond donors (Lipinski definition) is 2. The second kappa shape index (κ2) is 10.4. The first-order valence-corrected chi connectivity index (χ1v) is 12.2. The molecule has 2 aliphatic rings. The van der Waals surface area contributed by atoms with Crippen LogP contribution in [0.1, 0.15) is 35.2 Å². The van der Waals surface area contributed by atoms with Crippen LogP contribution in [0, 0.1) is 10.1 Å². The number of alkyl halides is 2. The fourth-order valence-corrected chi connectivity index (χ4v) is 5.05. The van der Waals surface area contributed by atoms with Gasteiger partial charge in [-0.15, -0.1) is 0 Å². The highest BCUT2D eigenvalue weighted by Gasteiger charge is 2.49. The first kappa shape index (κ1) is 25.2. The number of halogens is 3. The summed E-state index contributed by atoms with van der Waals surface area (Å²) in [7, 11) is 1.75. The number of nitro groups is 1. The number of nitrogens with zero attached hydrogens (tertiary/aromatic N) is 4. The standard InChI is InChI=1S/C23H27BrF2N6O3/c1-27-17-7-15(10-28-11-17)12-30-13-20(23(25,26)14-30)29-21-18(8-16(24)9-19(21)32(34)35)22(33)31-5-3-2-4-6-31/h7-11,20,27,29H,2-6,12-14H2,1H3. The van der Waals surface area contributed by atoms with Crippen molar-refractivity contribution in [2.75, 3.05) is 43.9 Å². The lowest BCUT2D eigenvalue weighted by atomic mass is 10.1. The third kappa shape index (κ3) is 5.69. The molecule has 9 nitrogen and oxygen atoms in total.